The van der Waals surface area contributed by atoms with Crippen LogP contribution in [0.25, 0.3) is 10.2 Å². The molecule has 1 aromatic carbocycles. The molecular formula is C14H10F3N3S. The second-order valence-electron chi connectivity index (χ2n) is 4.52. The van der Waals surface area contributed by atoms with Gasteiger partial charge >= 0.3 is 6.18 Å². The van der Waals surface area contributed by atoms with E-state index in [1.54, 1.807) is 0 Å². The first-order chi connectivity index (χ1) is 9.91. The van der Waals surface area contributed by atoms with Crippen LogP contribution in [0, 0.1) is 0 Å². The van der Waals surface area contributed by atoms with E-state index in [2.05, 4.69) is 9.97 Å². The molecule has 7 heteroatoms. The Morgan fingerprint density at radius 2 is 1.86 bits per heavy atom. The van der Waals surface area contributed by atoms with Crippen LogP contribution in [-0.2, 0) is 12.6 Å². The van der Waals surface area contributed by atoms with E-state index in [1.807, 2.05) is 24.3 Å². The van der Waals surface area contributed by atoms with Crippen molar-refractivity contribution in [3.8, 4) is 0 Å². The molecule has 3 rings (SSSR count). The first kappa shape index (κ1) is 13.8. The van der Waals surface area contributed by atoms with Crippen molar-refractivity contribution in [2.24, 2.45) is 0 Å². The molecule has 0 aliphatic carbocycles. The van der Waals surface area contributed by atoms with Crippen LogP contribution in [0.2, 0.25) is 0 Å². The van der Waals surface area contributed by atoms with Gasteiger partial charge in [0.25, 0.3) is 0 Å². The summed E-state index contributed by atoms with van der Waals surface area (Å²) < 4.78 is 39.3. The van der Waals surface area contributed by atoms with Gasteiger partial charge in [0, 0.05) is 6.42 Å². The Labute approximate surface area is 122 Å². The lowest BCUT2D eigenvalue weighted by Gasteiger charge is -2.09. The fraction of sp³-hybridized carbons (Fsp3) is 0.143. The smallest absolute Gasteiger partial charge is 0.384 e. The molecule has 108 valence electrons. The van der Waals surface area contributed by atoms with E-state index >= 15 is 0 Å². The van der Waals surface area contributed by atoms with Gasteiger partial charge in [-0.3, -0.25) is 0 Å². The van der Waals surface area contributed by atoms with Gasteiger partial charge in [-0.05, 0) is 24.3 Å². The van der Waals surface area contributed by atoms with Crippen LogP contribution in [-0.4, -0.2) is 9.97 Å². The summed E-state index contributed by atoms with van der Waals surface area (Å²) in [4.78, 5) is 8.34. The lowest BCUT2D eigenvalue weighted by molar-refractivity contribution is -0.137. The monoisotopic (exact) mass is 309 g/mol. The third-order valence-corrected chi connectivity index (χ3v) is 3.93. The van der Waals surface area contributed by atoms with Crippen LogP contribution >= 0.6 is 11.3 Å². The molecular weight excluding hydrogens is 299 g/mol. The zero-order valence-electron chi connectivity index (χ0n) is 10.7. The zero-order chi connectivity index (χ0) is 15.0. The predicted octanol–water partition coefficient (Wildman–Crippen LogP) is 3.88. The van der Waals surface area contributed by atoms with Crippen molar-refractivity contribution in [2.45, 2.75) is 12.6 Å². The molecule has 0 spiro atoms. The Balaban J connectivity index is 1.95. The molecule has 3 nitrogen and oxygen atoms in total. The standard InChI is InChI=1S/C14H10F3N3S/c15-14(16,17)8-5-9(19-12(18)6-8)7-13-20-10-3-1-2-4-11(10)21-13/h1-6H,7H2,(H2,18,19). The Kier molecular flexibility index (Phi) is 3.29. The van der Waals surface area contributed by atoms with Gasteiger partial charge in [-0.1, -0.05) is 12.1 Å². The van der Waals surface area contributed by atoms with Gasteiger partial charge in [-0.25, -0.2) is 9.97 Å². The molecule has 0 bridgehead atoms. The lowest BCUT2D eigenvalue weighted by atomic mass is 10.2. The topological polar surface area (TPSA) is 51.8 Å². The van der Waals surface area contributed by atoms with Crippen molar-refractivity contribution in [1.29, 1.82) is 0 Å². The first-order valence-electron chi connectivity index (χ1n) is 6.10. The van der Waals surface area contributed by atoms with E-state index in [0.717, 1.165) is 22.3 Å². The van der Waals surface area contributed by atoms with E-state index < -0.39 is 11.7 Å². The minimum Gasteiger partial charge on any atom is -0.384 e. The Hall–Kier alpha value is -2.15. The summed E-state index contributed by atoms with van der Waals surface area (Å²) in [5.74, 6) is -0.138. The van der Waals surface area contributed by atoms with E-state index in [0.29, 0.717) is 5.01 Å². The molecule has 2 aromatic heterocycles. The number of nitrogens with zero attached hydrogens (tertiary/aromatic N) is 2. The SMILES string of the molecule is Nc1cc(C(F)(F)F)cc(Cc2nc3ccccc3s2)n1. The Morgan fingerprint density at radius 3 is 2.57 bits per heavy atom. The van der Waals surface area contributed by atoms with E-state index in [-0.39, 0.29) is 17.9 Å². The number of benzene rings is 1. The van der Waals surface area contributed by atoms with Gasteiger partial charge in [0.2, 0.25) is 0 Å². The molecule has 0 saturated carbocycles. The number of nitrogens with two attached hydrogens (primary N) is 1. The third-order valence-electron chi connectivity index (χ3n) is 2.90. The van der Waals surface area contributed by atoms with Crippen molar-refractivity contribution in [3.05, 3.63) is 52.7 Å². The maximum absolute atomic E-state index is 12.8. The van der Waals surface area contributed by atoms with Gasteiger partial charge in [-0.15, -0.1) is 11.3 Å². The number of aromatic nitrogens is 2. The number of hydrogen-bond acceptors (Lipinski definition) is 4. The van der Waals surface area contributed by atoms with E-state index in [4.69, 9.17) is 5.73 Å². The van der Waals surface area contributed by atoms with Crippen LogP contribution in [0.15, 0.2) is 36.4 Å². The van der Waals surface area contributed by atoms with Gasteiger partial charge in [0.15, 0.2) is 0 Å². The van der Waals surface area contributed by atoms with Crippen LogP contribution in [0.4, 0.5) is 19.0 Å². The van der Waals surface area contributed by atoms with E-state index in [1.165, 1.54) is 11.3 Å². The quantitative estimate of drug-likeness (QED) is 0.781. The largest absolute Gasteiger partial charge is 0.416 e. The summed E-state index contributed by atoms with van der Waals surface area (Å²) in [6.45, 7) is 0. The zero-order valence-corrected chi connectivity index (χ0v) is 11.5. The number of hydrogen-bond donors (Lipinski definition) is 1. The minimum absolute atomic E-state index is 0.138. The highest BCUT2D eigenvalue weighted by Gasteiger charge is 2.31. The number of pyridine rings is 1. The van der Waals surface area contributed by atoms with Gasteiger partial charge in [0.05, 0.1) is 26.5 Å². The molecule has 0 atom stereocenters. The number of fused-ring (bicyclic) bond motifs is 1. The number of alkyl halides is 3. The minimum atomic E-state index is -4.43. The summed E-state index contributed by atoms with van der Waals surface area (Å²) >= 11 is 1.44. The fourth-order valence-electron chi connectivity index (χ4n) is 2.02. The highest BCUT2D eigenvalue weighted by molar-refractivity contribution is 7.18. The maximum atomic E-state index is 12.8. The van der Waals surface area contributed by atoms with Crippen molar-refractivity contribution >= 4 is 27.4 Å². The fourth-order valence-corrected chi connectivity index (χ4v) is 3.00. The number of nitrogen functional groups attached to an aromatic ring is 1. The molecule has 0 unspecified atom stereocenters. The molecule has 3 aromatic rings. The van der Waals surface area contributed by atoms with Gasteiger partial charge < -0.3 is 5.73 Å². The molecule has 0 aliphatic rings. The Bertz CT molecular complexity index is 763. The number of thiazole rings is 1. The van der Waals surface area contributed by atoms with Crippen molar-refractivity contribution < 1.29 is 13.2 Å². The number of para-hydroxylation sites is 1. The summed E-state index contributed by atoms with van der Waals surface area (Å²) in [6, 6.07) is 9.40. The molecule has 0 fully saturated rings. The summed E-state index contributed by atoms with van der Waals surface area (Å²) in [7, 11) is 0. The maximum Gasteiger partial charge on any atom is 0.416 e. The van der Waals surface area contributed by atoms with Crippen molar-refractivity contribution in [2.75, 3.05) is 5.73 Å². The molecule has 0 amide bonds. The first-order valence-corrected chi connectivity index (χ1v) is 6.91. The summed E-state index contributed by atoms with van der Waals surface area (Å²) in [5.41, 5.74) is 5.77. The molecule has 0 radical (unpaired) electrons. The Morgan fingerprint density at radius 1 is 1.10 bits per heavy atom. The van der Waals surface area contributed by atoms with Crippen molar-refractivity contribution in [1.82, 2.24) is 9.97 Å². The highest BCUT2D eigenvalue weighted by atomic mass is 32.1. The normalized spacial score (nSPS) is 12.0. The van der Waals surface area contributed by atoms with E-state index in [9.17, 15) is 13.2 Å². The van der Waals surface area contributed by atoms with Crippen LogP contribution < -0.4 is 5.73 Å². The van der Waals surface area contributed by atoms with Gasteiger partial charge in [0.1, 0.15) is 5.82 Å². The third kappa shape index (κ3) is 2.97. The average molecular weight is 309 g/mol. The second kappa shape index (κ2) is 5.00. The van der Waals surface area contributed by atoms with Crippen LogP contribution in [0.3, 0.4) is 0 Å². The second-order valence-corrected chi connectivity index (χ2v) is 5.64. The average Bonchev–Trinajstić information content (AvgIpc) is 2.79. The number of anilines is 1. The highest BCUT2D eigenvalue weighted by Crippen LogP contribution is 2.31. The lowest BCUT2D eigenvalue weighted by Crippen LogP contribution is -2.08. The molecule has 2 N–H and O–H groups in total. The van der Waals surface area contributed by atoms with Crippen LogP contribution in [0.5, 0.6) is 0 Å². The predicted molar refractivity (Wildman–Crippen MR) is 76.1 cm³/mol. The molecule has 0 saturated heterocycles. The summed E-state index contributed by atoms with van der Waals surface area (Å²) in [6.07, 6.45) is -4.20. The number of halogens is 3. The van der Waals surface area contributed by atoms with Crippen LogP contribution in [0.1, 0.15) is 16.3 Å². The number of rotatable bonds is 2. The molecule has 0 aliphatic heterocycles. The molecule has 21 heavy (non-hydrogen) atoms. The van der Waals surface area contributed by atoms with Crippen molar-refractivity contribution in [3.63, 3.8) is 0 Å². The van der Waals surface area contributed by atoms with Gasteiger partial charge in [-0.2, -0.15) is 13.2 Å². The molecule has 2 heterocycles. The summed E-state index contributed by atoms with van der Waals surface area (Å²) in [5, 5.41) is 0.711.